The van der Waals surface area contributed by atoms with E-state index in [9.17, 15) is 9.90 Å². The molecule has 1 aliphatic carbocycles. The molecule has 0 spiro atoms. The maximum atomic E-state index is 11.9. The fraction of sp³-hybridized carbons (Fsp3) is 0.588. The second kappa shape index (κ2) is 5.86. The Hall–Kier alpha value is -1.51. The summed E-state index contributed by atoms with van der Waals surface area (Å²) in [6.45, 7) is 7.34. The van der Waals surface area contributed by atoms with Gasteiger partial charge in [0.25, 0.3) is 0 Å². The number of phenolic OH excluding ortho intramolecular Hbond substituents is 1. The summed E-state index contributed by atoms with van der Waals surface area (Å²) in [5.74, 6) is 0.871. The van der Waals surface area contributed by atoms with Gasteiger partial charge in [0, 0.05) is 0 Å². The van der Waals surface area contributed by atoms with Crippen LogP contribution in [-0.2, 0) is 4.74 Å². The molecule has 1 aromatic rings. The smallest absolute Gasteiger partial charge is 0.341 e. The molecule has 1 saturated carbocycles. The van der Waals surface area contributed by atoms with E-state index in [-0.39, 0.29) is 11.3 Å². The van der Waals surface area contributed by atoms with Gasteiger partial charge in [-0.1, -0.05) is 32.9 Å². The van der Waals surface area contributed by atoms with Gasteiger partial charge < -0.3 is 9.84 Å². The normalized spacial score (nSPS) is 24.6. The Morgan fingerprint density at radius 2 is 2.05 bits per heavy atom. The number of benzene rings is 1. The van der Waals surface area contributed by atoms with Crippen molar-refractivity contribution >= 4 is 5.97 Å². The molecule has 0 bridgehead atoms. The van der Waals surface area contributed by atoms with Crippen molar-refractivity contribution in [2.75, 3.05) is 6.61 Å². The molecule has 0 amide bonds. The molecule has 1 aliphatic rings. The van der Waals surface area contributed by atoms with E-state index in [1.165, 1.54) is 18.9 Å². The van der Waals surface area contributed by atoms with Crippen LogP contribution in [0.4, 0.5) is 0 Å². The van der Waals surface area contributed by atoms with E-state index in [0.717, 1.165) is 12.3 Å². The average molecular weight is 276 g/mol. The number of hydrogen-bond acceptors (Lipinski definition) is 3. The molecule has 2 rings (SSSR count). The molecule has 0 aromatic heterocycles. The molecule has 110 valence electrons. The molecule has 1 N–H and O–H groups in total. The predicted molar refractivity (Wildman–Crippen MR) is 78.7 cm³/mol. The summed E-state index contributed by atoms with van der Waals surface area (Å²) in [5, 5.41) is 9.61. The number of carbonyl (C=O) groups excluding carboxylic acids is 1. The number of aromatic hydroxyl groups is 1. The highest BCUT2D eigenvalue weighted by atomic mass is 16.5. The van der Waals surface area contributed by atoms with Gasteiger partial charge in [-0.2, -0.15) is 0 Å². The fourth-order valence-electron chi connectivity index (χ4n) is 3.13. The minimum absolute atomic E-state index is 0.0210. The number of para-hydroxylation sites is 1. The topological polar surface area (TPSA) is 46.5 Å². The lowest BCUT2D eigenvalue weighted by molar-refractivity contribution is 0.0445. The summed E-state index contributed by atoms with van der Waals surface area (Å²) in [6, 6.07) is 6.49. The zero-order valence-corrected chi connectivity index (χ0v) is 12.6. The fourth-order valence-corrected chi connectivity index (χ4v) is 3.13. The van der Waals surface area contributed by atoms with Crippen LogP contribution >= 0.6 is 0 Å². The number of hydrogen-bond donors (Lipinski definition) is 1. The summed E-state index contributed by atoms with van der Waals surface area (Å²) >= 11 is 0. The SMILES string of the molecule is C[C@@H]1CC[C@@H](CCOC(=O)c2ccccc2O)C1(C)C. The van der Waals surface area contributed by atoms with Gasteiger partial charge in [0.1, 0.15) is 11.3 Å². The van der Waals surface area contributed by atoms with Gasteiger partial charge in [0.15, 0.2) is 0 Å². The first-order valence-electron chi connectivity index (χ1n) is 7.38. The molecule has 2 atom stereocenters. The lowest BCUT2D eigenvalue weighted by Gasteiger charge is -2.31. The largest absolute Gasteiger partial charge is 0.507 e. The van der Waals surface area contributed by atoms with Gasteiger partial charge in [0.2, 0.25) is 0 Å². The molecule has 20 heavy (non-hydrogen) atoms. The number of phenols is 1. The van der Waals surface area contributed by atoms with Crippen molar-refractivity contribution in [3.63, 3.8) is 0 Å². The van der Waals surface area contributed by atoms with Gasteiger partial charge in [-0.3, -0.25) is 0 Å². The van der Waals surface area contributed by atoms with Gasteiger partial charge in [-0.25, -0.2) is 4.79 Å². The minimum atomic E-state index is -0.438. The highest BCUT2D eigenvalue weighted by Crippen LogP contribution is 2.48. The number of rotatable bonds is 4. The van der Waals surface area contributed by atoms with Crippen LogP contribution in [0, 0.1) is 17.3 Å². The highest BCUT2D eigenvalue weighted by Gasteiger charge is 2.39. The van der Waals surface area contributed by atoms with Crippen LogP contribution < -0.4 is 0 Å². The second-order valence-corrected chi connectivity index (χ2v) is 6.44. The Balaban J connectivity index is 1.85. The van der Waals surface area contributed by atoms with Crippen molar-refractivity contribution in [2.45, 2.75) is 40.0 Å². The van der Waals surface area contributed by atoms with Gasteiger partial charge >= 0.3 is 5.97 Å². The van der Waals surface area contributed by atoms with Crippen LogP contribution in [0.1, 0.15) is 50.4 Å². The van der Waals surface area contributed by atoms with Crippen molar-refractivity contribution in [1.29, 1.82) is 0 Å². The number of esters is 1. The van der Waals surface area contributed by atoms with Gasteiger partial charge in [-0.15, -0.1) is 0 Å². The third kappa shape index (κ3) is 2.97. The van der Waals surface area contributed by atoms with Crippen molar-refractivity contribution in [3.05, 3.63) is 29.8 Å². The van der Waals surface area contributed by atoms with E-state index in [1.54, 1.807) is 18.2 Å². The zero-order chi connectivity index (χ0) is 14.8. The predicted octanol–water partition coefficient (Wildman–Crippen LogP) is 4.01. The molecular weight excluding hydrogens is 252 g/mol. The summed E-state index contributed by atoms with van der Waals surface area (Å²) in [5.41, 5.74) is 0.563. The molecule has 1 aromatic carbocycles. The van der Waals surface area contributed by atoms with E-state index in [4.69, 9.17) is 4.74 Å². The zero-order valence-electron chi connectivity index (χ0n) is 12.6. The van der Waals surface area contributed by atoms with Gasteiger partial charge in [-0.05, 0) is 48.6 Å². The van der Waals surface area contributed by atoms with Crippen LogP contribution in [-0.4, -0.2) is 17.7 Å². The van der Waals surface area contributed by atoms with Crippen molar-refractivity contribution in [2.24, 2.45) is 17.3 Å². The molecule has 1 fully saturated rings. The lowest BCUT2D eigenvalue weighted by Crippen LogP contribution is -2.24. The minimum Gasteiger partial charge on any atom is -0.507 e. The third-order valence-electron chi connectivity index (χ3n) is 5.09. The van der Waals surface area contributed by atoms with E-state index in [2.05, 4.69) is 20.8 Å². The van der Waals surface area contributed by atoms with Crippen LogP contribution in [0.2, 0.25) is 0 Å². The molecule has 3 heteroatoms. The summed E-state index contributed by atoms with van der Waals surface area (Å²) < 4.78 is 5.30. The first-order chi connectivity index (χ1) is 9.43. The molecule has 0 radical (unpaired) electrons. The first-order valence-corrected chi connectivity index (χ1v) is 7.38. The molecule has 0 unspecified atom stereocenters. The number of ether oxygens (including phenoxy) is 1. The van der Waals surface area contributed by atoms with Crippen LogP contribution in [0.25, 0.3) is 0 Å². The Bertz CT molecular complexity index is 479. The van der Waals surface area contributed by atoms with E-state index in [0.29, 0.717) is 17.9 Å². The molecule has 0 saturated heterocycles. The Morgan fingerprint density at radius 1 is 1.35 bits per heavy atom. The standard InChI is InChI=1S/C17H24O3/c1-12-8-9-13(17(12,2)3)10-11-20-16(19)14-6-4-5-7-15(14)18/h4-7,12-13,18H,8-11H2,1-3H3/t12-,13+/m1/s1. The van der Waals surface area contributed by atoms with Crippen LogP contribution in [0.3, 0.4) is 0 Å². The van der Waals surface area contributed by atoms with Crippen LogP contribution in [0.15, 0.2) is 24.3 Å². The first kappa shape index (κ1) is 14.9. The van der Waals surface area contributed by atoms with Crippen molar-refractivity contribution < 1.29 is 14.6 Å². The van der Waals surface area contributed by atoms with Crippen LogP contribution in [0.5, 0.6) is 5.75 Å². The average Bonchev–Trinajstić information content (AvgIpc) is 2.65. The van der Waals surface area contributed by atoms with Crippen molar-refractivity contribution in [3.8, 4) is 5.75 Å². The molecular formula is C17H24O3. The Labute approximate surface area is 121 Å². The third-order valence-corrected chi connectivity index (χ3v) is 5.09. The highest BCUT2D eigenvalue weighted by molar-refractivity contribution is 5.92. The van der Waals surface area contributed by atoms with E-state index >= 15 is 0 Å². The summed E-state index contributed by atoms with van der Waals surface area (Å²) in [6.07, 6.45) is 3.37. The maximum absolute atomic E-state index is 11.9. The Morgan fingerprint density at radius 3 is 2.65 bits per heavy atom. The molecule has 0 aliphatic heterocycles. The quantitative estimate of drug-likeness (QED) is 0.845. The monoisotopic (exact) mass is 276 g/mol. The van der Waals surface area contributed by atoms with Gasteiger partial charge in [0.05, 0.1) is 6.61 Å². The second-order valence-electron chi connectivity index (χ2n) is 6.44. The lowest BCUT2D eigenvalue weighted by atomic mass is 9.75. The molecule has 0 heterocycles. The van der Waals surface area contributed by atoms with Crippen molar-refractivity contribution in [1.82, 2.24) is 0 Å². The Kier molecular flexibility index (Phi) is 4.36. The summed E-state index contributed by atoms with van der Waals surface area (Å²) in [4.78, 5) is 11.9. The van der Waals surface area contributed by atoms with E-state index in [1.807, 2.05) is 0 Å². The van der Waals surface area contributed by atoms with E-state index < -0.39 is 5.97 Å². The molecule has 3 nitrogen and oxygen atoms in total. The summed E-state index contributed by atoms with van der Waals surface area (Å²) in [7, 11) is 0. The number of carbonyl (C=O) groups is 1. The maximum Gasteiger partial charge on any atom is 0.341 e.